The normalized spacial score (nSPS) is 10.8. The number of rotatable bonds is 8. The Morgan fingerprint density at radius 3 is 2.63 bits per heavy atom. The highest BCUT2D eigenvalue weighted by molar-refractivity contribution is 5.79. The molecule has 104 valence electrons. The summed E-state index contributed by atoms with van der Waals surface area (Å²) in [5.74, 6) is 0. The fourth-order valence-electron chi connectivity index (χ4n) is 1.73. The van der Waals surface area contributed by atoms with Gasteiger partial charge in [0.2, 0.25) is 0 Å². The summed E-state index contributed by atoms with van der Waals surface area (Å²) in [6.45, 7) is 2.48. The summed E-state index contributed by atoms with van der Waals surface area (Å²) in [6.07, 6.45) is 8.12. The Morgan fingerprint density at radius 2 is 1.89 bits per heavy atom. The van der Waals surface area contributed by atoms with Crippen LogP contribution in [0.5, 0.6) is 0 Å². The predicted molar refractivity (Wildman–Crippen MR) is 78.5 cm³/mol. The number of hydrogen-bond acceptors (Lipinski definition) is 2. The van der Waals surface area contributed by atoms with Gasteiger partial charge in [0, 0.05) is 6.21 Å². The zero-order valence-electron chi connectivity index (χ0n) is 11.7. The van der Waals surface area contributed by atoms with Crippen molar-refractivity contribution in [2.75, 3.05) is 0 Å². The smallest absolute Gasteiger partial charge is 0.433 e. The Morgan fingerprint density at radius 1 is 1.16 bits per heavy atom. The molecule has 0 aromatic heterocycles. The van der Waals surface area contributed by atoms with Crippen molar-refractivity contribution >= 4 is 12.3 Å². The average molecular weight is 261 g/mol. The summed E-state index contributed by atoms with van der Waals surface area (Å²) in [5.41, 5.74) is 0.977. The first-order valence-corrected chi connectivity index (χ1v) is 7.06. The highest BCUT2D eigenvalue weighted by Crippen LogP contribution is 2.04. The molecular weight excluding hydrogens is 238 g/mol. The van der Waals surface area contributed by atoms with Gasteiger partial charge in [-0.1, -0.05) is 62.9 Å². The molecule has 0 saturated heterocycles. The van der Waals surface area contributed by atoms with E-state index in [1.54, 1.807) is 6.21 Å². The van der Waals surface area contributed by atoms with Crippen LogP contribution in [0.25, 0.3) is 0 Å². The van der Waals surface area contributed by atoms with Crippen LogP contribution in [0.3, 0.4) is 0 Å². The monoisotopic (exact) mass is 261 g/mol. The van der Waals surface area contributed by atoms with Gasteiger partial charge in [-0.3, -0.25) is 0 Å². The maximum absolute atomic E-state index is 11.3. The van der Waals surface area contributed by atoms with Crippen LogP contribution in [-0.2, 0) is 11.3 Å². The van der Waals surface area contributed by atoms with Crippen LogP contribution >= 0.6 is 0 Å². The van der Waals surface area contributed by atoms with Crippen LogP contribution < -0.4 is 0 Å². The number of hydrogen-bond donors (Lipinski definition) is 0. The number of carbonyl (C=O) groups excluding carboxylic acids is 1. The molecule has 0 N–H and O–H groups in total. The van der Waals surface area contributed by atoms with Gasteiger partial charge in [0.25, 0.3) is 0 Å². The molecular formula is C16H23NO2. The van der Waals surface area contributed by atoms with Gasteiger partial charge in [-0.05, 0) is 18.4 Å². The molecule has 3 heteroatoms. The lowest BCUT2D eigenvalue weighted by Gasteiger charge is -2.00. The van der Waals surface area contributed by atoms with Crippen LogP contribution in [0.1, 0.15) is 51.0 Å². The minimum absolute atomic E-state index is 0.285. The molecule has 0 bridgehead atoms. The first kappa shape index (κ1) is 15.4. The summed E-state index contributed by atoms with van der Waals surface area (Å²) in [4.78, 5) is 15.1. The number of aliphatic imine (C=N–C) groups is 1. The second-order valence-electron chi connectivity index (χ2n) is 4.55. The van der Waals surface area contributed by atoms with Crippen molar-refractivity contribution in [3.05, 3.63) is 35.9 Å². The Bertz CT molecular complexity index is 374. The molecule has 0 aliphatic carbocycles. The third-order valence-electron chi connectivity index (χ3n) is 2.84. The molecule has 0 aliphatic heterocycles. The maximum atomic E-state index is 11.3. The topological polar surface area (TPSA) is 38.7 Å². The van der Waals surface area contributed by atoms with E-state index in [0.29, 0.717) is 0 Å². The van der Waals surface area contributed by atoms with Crippen molar-refractivity contribution in [3.63, 3.8) is 0 Å². The molecule has 0 saturated carbocycles. The number of unbranched alkanes of at least 4 members (excludes halogenated alkanes) is 5. The number of carbonyl (C=O) groups is 1. The van der Waals surface area contributed by atoms with Gasteiger partial charge in [-0.15, -0.1) is 0 Å². The second kappa shape index (κ2) is 10.3. The van der Waals surface area contributed by atoms with Crippen molar-refractivity contribution in [1.82, 2.24) is 0 Å². The number of ether oxygens (including phenoxy) is 1. The Kier molecular flexibility index (Phi) is 8.36. The van der Waals surface area contributed by atoms with Crippen molar-refractivity contribution < 1.29 is 9.53 Å². The van der Waals surface area contributed by atoms with Crippen LogP contribution in [0, 0.1) is 0 Å². The van der Waals surface area contributed by atoms with Gasteiger partial charge < -0.3 is 4.74 Å². The molecule has 19 heavy (non-hydrogen) atoms. The lowest BCUT2D eigenvalue weighted by atomic mass is 10.1. The Balaban J connectivity index is 2.07. The van der Waals surface area contributed by atoms with Gasteiger partial charge in [-0.25, -0.2) is 4.79 Å². The predicted octanol–water partition coefficient (Wildman–Crippen LogP) is 4.75. The van der Waals surface area contributed by atoms with E-state index in [0.717, 1.165) is 18.4 Å². The lowest BCUT2D eigenvalue weighted by molar-refractivity contribution is 0.151. The summed E-state index contributed by atoms with van der Waals surface area (Å²) in [5, 5.41) is 0. The van der Waals surface area contributed by atoms with Crippen LogP contribution in [0.4, 0.5) is 4.79 Å². The summed E-state index contributed by atoms with van der Waals surface area (Å²) < 4.78 is 5.04. The second-order valence-corrected chi connectivity index (χ2v) is 4.55. The fourth-order valence-corrected chi connectivity index (χ4v) is 1.73. The van der Waals surface area contributed by atoms with E-state index in [1.165, 1.54) is 25.7 Å². The summed E-state index contributed by atoms with van der Waals surface area (Å²) in [6, 6.07) is 9.61. The molecule has 0 spiro atoms. The van der Waals surface area contributed by atoms with Gasteiger partial charge in [0.05, 0.1) is 0 Å². The van der Waals surface area contributed by atoms with Crippen molar-refractivity contribution in [2.24, 2.45) is 4.99 Å². The van der Waals surface area contributed by atoms with Gasteiger partial charge in [0.15, 0.2) is 0 Å². The number of amides is 1. The van der Waals surface area contributed by atoms with Crippen molar-refractivity contribution in [1.29, 1.82) is 0 Å². The van der Waals surface area contributed by atoms with Gasteiger partial charge in [0.1, 0.15) is 6.61 Å². The first-order chi connectivity index (χ1) is 9.33. The molecule has 0 radical (unpaired) electrons. The van der Waals surface area contributed by atoms with E-state index in [-0.39, 0.29) is 6.61 Å². The maximum Gasteiger partial charge on any atom is 0.433 e. The van der Waals surface area contributed by atoms with Crippen molar-refractivity contribution in [2.45, 2.75) is 52.1 Å². The lowest BCUT2D eigenvalue weighted by Crippen LogP contribution is -1.99. The van der Waals surface area contributed by atoms with E-state index in [2.05, 4.69) is 11.9 Å². The molecule has 0 atom stereocenters. The molecule has 1 aromatic carbocycles. The zero-order valence-corrected chi connectivity index (χ0v) is 11.7. The minimum Gasteiger partial charge on any atom is -0.443 e. The standard InChI is InChI=1S/C16H23NO2/c1-2-3-4-5-6-10-13-17-16(18)19-14-15-11-8-7-9-12-15/h7-9,11-13H,2-6,10,14H2,1H3/b17-13+. The molecule has 1 aromatic rings. The van der Waals surface area contributed by atoms with E-state index < -0.39 is 6.09 Å². The number of nitrogens with zero attached hydrogens (tertiary/aromatic N) is 1. The average Bonchev–Trinajstić information content (AvgIpc) is 2.45. The third-order valence-corrected chi connectivity index (χ3v) is 2.84. The molecule has 0 aliphatic rings. The van der Waals surface area contributed by atoms with E-state index >= 15 is 0 Å². The first-order valence-electron chi connectivity index (χ1n) is 7.06. The largest absolute Gasteiger partial charge is 0.443 e. The minimum atomic E-state index is -0.502. The fraction of sp³-hybridized carbons (Fsp3) is 0.500. The van der Waals surface area contributed by atoms with E-state index in [9.17, 15) is 4.79 Å². The van der Waals surface area contributed by atoms with Crippen LogP contribution in [0.2, 0.25) is 0 Å². The molecule has 0 fully saturated rings. The highest BCUT2D eigenvalue weighted by Gasteiger charge is 1.98. The molecule has 1 rings (SSSR count). The van der Waals surface area contributed by atoms with E-state index in [4.69, 9.17) is 4.74 Å². The molecule has 0 unspecified atom stereocenters. The third kappa shape index (κ3) is 8.14. The SMILES string of the molecule is CCCCCCC/C=N/C(=O)OCc1ccccc1. The summed E-state index contributed by atoms with van der Waals surface area (Å²) >= 11 is 0. The van der Waals surface area contributed by atoms with Gasteiger partial charge in [-0.2, -0.15) is 4.99 Å². The van der Waals surface area contributed by atoms with Crippen LogP contribution in [0.15, 0.2) is 35.3 Å². The molecule has 1 amide bonds. The Labute approximate surface area is 115 Å². The zero-order chi connectivity index (χ0) is 13.8. The van der Waals surface area contributed by atoms with Crippen molar-refractivity contribution in [3.8, 4) is 0 Å². The van der Waals surface area contributed by atoms with Crippen LogP contribution in [-0.4, -0.2) is 12.3 Å². The molecule has 3 nitrogen and oxygen atoms in total. The Hall–Kier alpha value is -1.64. The quantitative estimate of drug-likeness (QED) is 0.500. The van der Waals surface area contributed by atoms with Gasteiger partial charge >= 0.3 is 6.09 Å². The molecule has 0 heterocycles. The summed E-state index contributed by atoms with van der Waals surface area (Å²) in [7, 11) is 0. The highest BCUT2D eigenvalue weighted by atomic mass is 16.5. The number of benzene rings is 1. The van der Waals surface area contributed by atoms with E-state index in [1.807, 2.05) is 30.3 Å².